The summed E-state index contributed by atoms with van der Waals surface area (Å²) in [5.74, 6) is -0.649. The number of aliphatic hydroxyl groups excluding tert-OH is 2. The number of fused-ring (bicyclic) bond motifs is 1. The Labute approximate surface area is 171 Å². The summed E-state index contributed by atoms with van der Waals surface area (Å²) < 4.78 is 6.60. The van der Waals surface area contributed by atoms with Gasteiger partial charge in [0.1, 0.15) is 18.1 Å². The Morgan fingerprint density at radius 2 is 2.20 bits per heavy atom. The summed E-state index contributed by atoms with van der Waals surface area (Å²) in [5, 5.41) is 23.0. The molecule has 0 aliphatic carbocycles. The first-order chi connectivity index (χ1) is 14.5. The highest BCUT2D eigenvalue weighted by Crippen LogP contribution is 2.27. The van der Waals surface area contributed by atoms with Crippen LogP contribution in [0.1, 0.15) is 28.6 Å². The van der Waals surface area contributed by atoms with Crippen LogP contribution in [0.5, 0.6) is 0 Å². The molecule has 1 fully saturated rings. The highest BCUT2D eigenvalue weighted by Gasteiger charge is 2.35. The van der Waals surface area contributed by atoms with Crippen molar-refractivity contribution in [2.75, 3.05) is 18.9 Å². The lowest BCUT2D eigenvalue weighted by atomic mass is 10.1. The number of benzene rings is 1. The number of nitrogens with two attached hydrogens (primary N) is 1. The normalized spacial score (nSPS) is 21.2. The minimum atomic E-state index is -0.919. The van der Waals surface area contributed by atoms with Crippen molar-refractivity contribution < 1.29 is 19.7 Å². The number of aromatic nitrogens is 3. The first kappa shape index (κ1) is 20.1. The Morgan fingerprint density at radius 3 is 2.97 bits per heavy atom. The first-order valence-corrected chi connectivity index (χ1v) is 9.64. The fourth-order valence-electron chi connectivity index (χ4n) is 3.66. The Hall–Kier alpha value is -3.21. The zero-order chi connectivity index (χ0) is 21.3. The molecule has 0 saturated carbocycles. The topological polar surface area (TPSA) is 155 Å². The lowest BCUT2D eigenvalue weighted by molar-refractivity contribution is -0.0459. The predicted molar refractivity (Wildman–Crippen MR) is 109 cm³/mol. The summed E-state index contributed by atoms with van der Waals surface area (Å²) in [6.07, 6.45) is 1.34. The number of carbonyl (C=O) groups is 1. The molecule has 158 valence electrons. The van der Waals surface area contributed by atoms with Gasteiger partial charge in [0.05, 0.1) is 18.3 Å². The maximum atomic E-state index is 12.6. The van der Waals surface area contributed by atoms with Gasteiger partial charge in [0.15, 0.2) is 0 Å². The van der Waals surface area contributed by atoms with Crippen molar-refractivity contribution in [3.63, 3.8) is 0 Å². The van der Waals surface area contributed by atoms with E-state index in [4.69, 9.17) is 10.5 Å². The van der Waals surface area contributed by atoms with Crippen LogP contribution in [0.15, 0.2) is 41.5 Å². The van der Waals surface area contributed by atoms with Gasteiger partial charge in [0, 0.05) is 36.3 Å². The quantitative estimate of drug-likeness (QED) is 0.378. The molecule has 30 heavy (non-hydrogen) atoms. The van der Waals surface area contributed by atoms with Crippen molar-refractivity contribution in [3.05, 3.63) is 58.3 Å². The number of nitrogens with one attached hydrogen (secondary N) is 2. The number of anilines is 1. The molecule has 1 amide bonds. The molecular weight excluding hydrogens is 390 g/mol. The zero-order valence-corrected chi connectivity index (χ0v) is 16.1. The molecule has 0 radical (unpaired) electrons. The standard InChI is InChI=1S/C20H23N5O5/c21-18-13(9-25(20(29)24-18)17-7-15(27)16(10-26)30-17)19(28)22-6-5-11-8-23-14-4-2-1-3-12(11)14/h1-4,8-9,15-17,23,26-27H,5-7,10H2,(H,22,28)(H2,21,24,29)/t15-,16+,17+/m0/s1. The second kappa shape index (κ2) is 8.27. The number of carbonyl (C=O) groups excluding carboxylic acids is 1. The van der Waals surface area contributed by atoms with Gasteiger partial charge < -0.3 is 31.0 Å². The molecule has 1 aromatic carbocycles. The van der Waals surface area contributed by atoms with E-state index < -0.39 is 30.0 Å². The maximum absolute atomic E-state index is 12.6. The van der Waals surface area contributed by atoms with Crippen molar-refractivity contribution in [1.29, 1.82) is 0 Å². The summed E-state index contributed by atoms with van der Waals surface area (Å²) in [6.45, 7) is -0.0134. The van der Waals surface area contributed by atoms with Gasteiger partial charge in [-0.25, -0.2) is 4.79 Å². The van der Waals surface area contributed by atoms with Crippen molar-refractivity contribution in [1.82, 2.24) is 19.9 Å². The van der Waals surface area contributed by atoms with Crippen LogP contribution in [-0.4, -0.2) is 56.0 Å². The second-order valence-corrected chi connectivity index (χ2v) is 7.21. The molecular formula is C20H23N5O5. The van der Waals surface area contributed by atoms with E-state index in [-0.39, 0.29) is 24.4 Å². The van der Waals surface area contributed by atoms with E-state index >= 15 is 0 Å². The molecule has 0 bridgehead atoms. The average Bonchev–Trinajstić information content (AvgIpc) is 3.31. The monoisotopic (exact) mass is 413 g/mol. The number of rotatable bonds is 6. The average molecular weight is 413 g/mol. The highest BCUT2D eigenvalue weighted by atomic mass is 16.5. The van der Waals surface area contributed by atoms with E-state index in [1.165, 1.54) is 6.20 Å². The number of aliphatic hydroxyl groups is 2. The van der Waals surface area contributed by atoms with E-state index in [9.17, 15) is 19.8 Å². The van der Waals surface area contributed by atoms with Gasteiger partial charge in [0.2, 0.25) is 0 Å². The zero-order valence-electron chi connectivity index (χ0n) is 16.1. The van der Waals surface area contributed by atoms with Crippen molar-refractivity contribution in [3.8, 4) is 0 Å². The number of nitrogen functional groups attached to an aromatic ring is 1. The van der Waals surface area contributed by atoms with Gasteiger partial charge in [-0.05, 0) is 18.1 Å². The summed E-state index contributed by atoms with van der Waals surface area (Å²) in [6, 6.07) is 7.90. The van der Waals surface area contributed by atoms with Gasteiger partial charge in [-0.1, -0.05) is 18.2 Å². The largest absolute Gasteiger partial charge is 0.394 e. The number of nitrogens with zero attached hydrogens (tertiary/aromatic N) is 2. The van der Waals surface area contributed by atoms with Crippen LogP contribution in [0.2, 0.25) is 0 Å². The summed E-state index contributed by atoms with van der Waals surface area (Å²) in [5.41, 5.74) is 7.24. The van der Waals surface area contributed by atoms with Crippen LogP contribution in [0.4, 0.5) is 5.82 Å². The smallest absolute Gasteiger partial charge is 0.351 e. The van der Waals surface area contributed by atoms with E-state index in [2.05, 4.69) is 15.3 Å². The molecule has 3 aromatic rings. The van der Waals surface area contributed by atoms with Gasteiger partial charge in [0.25, 0.3) is 5.91 Å². The Morgan fingerprint density at radius 1 is 1.40 bits per heavy atom. The molecule has 6 N–H and O–H groups in total. The molecule has 1 saturated heterocycles. The number of hydrogen-bond acceptors (Lipinski definition) is 7. The Bertz CT molecular complexity index is 1120. The first-order valence-electron chi connectivity index (χ1n) is 9.64. The number of hydrogen-bond donors (Lipinski definition) is 5. The van der Waals surface area contributed by atoms with Crippen LogP contribution in [0.25, 0.3) is 10.9 Å². The summed E-state index contributed by atoms with van der Waals surface area (Å²) in [4.78, 5) is 31.7. The fourth-order valence-corrected chi connectivity index (χ4v) is 3.66. The van der Waals surface area contributed by atoms with E-state index in [1.807, 2.05) is 30.5 Å². The third-order valence-corrected chi connectivity index (χ3v) is 5.27. The van der Waals surface area contributed by atoms with E-state index in [0.717, 1.165) is 21.0 Å². The van der Waals surface area contributed by atoms with Crippen LogP contribution in [0.3, 0.4) is 0 Å². The lowest BCUT2D eigenvalue weighted by Gasteiger charge is -2.16. The van der Waals surface area contributed by atoms with Crippen molar-refractivity contribution in [2.45, 2.75) is 31.3 Å². The van der Waals surface area contributed by atoms with Crippen LogP contribution < -0.4 is 16.7 Å². The third kappa shape index (κ3) is 3.80. The van der Waals surface area contributed by atoms with Gasteiger partial charge >= 0.3 is 5.69 Å². The molecule has 10 nitrogen and oxygen atoms in total. The Balaban J connectivity index is 1.46. The van der Waals surface area contributed by atoms with Crippen LogP contribution in [0, 0.1) is 0 Å². The molecule has 3 atom stereocenters. The number of para-hydroxylation sites is 1. The molecule has 1 aliphatic rings. The maximum Gasteiger partial charge on any atom is 0.351 e. The van der Waals surface area contributed by atoms with Gasteiger partial charge in [-0.15, -0.1) is 0 Å². The molecule has 1 aliphatic heterocycles. The minimum Gasteiger partial charge on any atom is -0.394 e. The van der Waals surface area contributed by atoms with E-state index in [1.54, 1.807) is 0 Å². The lowest BCUT2D eigenvalue weighted by Crippen LogP contribution is -2.33. The van der Waals surface area contributed by atoms with Gasteiger partial charge in [-0.3, -0.25) is 9.36 Å². The molecule has 0 spiro atoms. The van der Waals surface area contributed by atoms with E-state index in [0.29, 0.717) is 13.0 Å². The summed E-state index contributed by atoms with van der Waals surface area (Å²) in [7, 11) is 0. The third-order valence-electron chi connectivity index (χ3n) is 5.27. The Kier molecular flexibility index (Phi) is 5.53. The molecule has 0 unspecified atom stereocenters. The van der Waals surface area contributed by atoms with Crippen LogP contribution >= 0.6 is 0 Å². The molecule has 4 rings (SSSR count). The number of amides is 1. The SMILES string of the molecule is Nc1nc(=O)n([C@H]2C[C@H](O)[C@@H](CO)O2)cc1C(=O)NCCc1c[nH]c2ccccc12. The fraction of sp³-hybridized carbons (Fsp3) is 0.350. The molecule has 2 aromatic heterocycles. The number of H-pyrrole nitrogens is 1. The molecule has 3 heterocycles. The van der Waals surface area contributed by atoms with Crippen molar-refractivity contribution in [2.24, 2.45) is 0 Å². The second-order valence-electron chi connectivity index (χ2n) is 7.21. The van der Waals surface area contributed by atoms with Crippen LogP contribution in [-0.2, 0) is 11.2 Å². The molecule has 10 heteroatoms. The number of ether oxygens (including phenoxy) is 1. The minimum absolute atomic E-state index is 0.0408. The van der Waals surface area contributed by atoms with Gasteiger partial charge in [-0.2, -0.15) is 4.98 Å². The predicted octanol–water partition coefficient (Wildman–Crippen LogP) is -0.0800. The summed E-state index contributed by atoms with van der Waals surface area (Å²) >= 11 is 0. The van der Waals surface area contributed by atoms with Crippen molar-refractivity contribution >= 4 is 22.6 Å². The number of aromatic amines is 1. The highest BCUT2D eigenvalue weighted by molar-refractivity contribution is 5.98.